The molecule has 2 aromatic heterocycles. The van der Waals surface area contributed by atoms with Gasteiger partial charge in [-0.2, -0.15) is 0 Å². The lowest BCUT2D eigenvalue weighted by Gasteiger charge is -2.15. The van der Waals surface area contributed by atoms with Crippen LogP contribution >= 0.6 is 0 Å². The van der Waals surface area contributed by atoms with Gasteiger partial charge in [0.2, 0.25) is 0 Å². The summed E-state index contributed by atoms with van der Waals surface area (Å²) in [5, 5.41) is 12.1. The number of hydrogen-bond acceptors (Lipinski definition) is 7. The number of nitrogens with zero attached hydrogens (tertiary/aromatic N) is 2. The maximum atomic E-state index is 14.9. The number of benzene rings is 2. The monoisotopic (exact) mass is 481 g/mol. The van der Waals surface area contributed by atoms with Crippen molar-refractivity contribution < 1.29 is 32.9 Å². The maximum Gasteiger partial charge on any atom is 0.261 e. The molecule has 0 unspecified atom stereocenters. The van der Waals surface area contributed by atoms with Crippen LogP contribution in [0.4, 0.5) is 14.5 Å². The Morgan fingerprint density at radius 1 is 1.09 bits per heavy atom. The van der Waals surface area contributed by atoms with Crippen molar-refractivity contribution in [3.8, 4) is 23.0 Å². The number of aromatic nitrogens is 2. The Bertz CT molecular complexity index is 1360. The Labute approximate surface area is 199 Å². The predicted molar refractivity (Wildman–Crippen MR) is 124 cm³/mol. The van der Waals surface area contributed by atoms with E-state index in [2.05, 4.69) is 15.3 Å². The van der Waals surface area contributed by atoms with E-state index in [0.29, 0.717) is 16.7 Å². The molecule has 1 atom stereocenters. The summed E-state index contributed by atoms with van der Waals surface area (Å²) in [5.74, 6) is -2.50. The van der Waals surface area contributed by atoms with Gasteiger partial charge in [-0.1, -0.05) is 0 Å². The molecular formula is C25H21F2N3O5. The van der Waals surface area contributed by atoms with Crippen molar-refractivity contribution in [1.82, 2.24) is 9.97 Å². The number of amides is 1. The van der Waals surface area contributed by atoms with Gasteiger partial charge >= 0.3 is 0 Å². The number of carbonyl (C=O) groups is 1. The number of pyridine rings is 2. The zero-order valence-corrected chi connectivity index (χ0v) is 18.8. The lowest BCUT2D eigenvalue weighted by molar-refractivity contribution is 0.102. The Morgan fingerprint density at radius 3 is 2.54 bits per heavy atom. The van der Waals surface area contributed by atoms with Crippen molar-refractivity contribution in [3.05, 3.63) is 78.3 Å². The molecule has 0 spiro atoms. The van der Waals surface area contributed by atoms with Crippen molar-refractivity contribution >= 4 is 22.5 Å². The highest BCUT2D eigenvalue weighted by molar-refractivity contribution is 6.06. The van der Waals surface area contributed by atoms with Crippen molar-refractivity contribution in [2.24, 2.45) is 0 Å². The van der Waals surface area contributed by atoms with Gasteiger partial charge in [0.1, 0.15) is 23.4 Å². The summed E-state index contributed by atoms with van der Waals surface area (Å²) >= 11 is 0. The van der Waals surface area contributed by atoms with Gasteiger partial charge in [0.15, 0.2) is 17.4 Å². The first-order valence-electron chi connectivity index (χ1n) is 10.5. The first-order chi connectivity index (χ1) is 16.9. The van der Waals surface area contributed by atoms with Crippen LogP contribution in [-0.2, 0) is 0 Å². The quantitative estimate of drug-likeness (QED) is 0.375. The van der Waals surface area contributed by atoms with Crippen LogP contribution in [0.25, 0.3) is 10.9 Å². The number of methoxy groups -OCH3 is 1. The molecule has 2 heterocycles. The average Bonchev–Trinajstić information content (AvgIpc) is 2.86. The topological polar surface area (TPSA) is 103 Å². The molecule has 8 nitrogen and oxygen atoms in total. The number of carbonyl (C=O) groups excluding carboxylic acids is 1. The number of halogens is 2. The molecule has 4 rings (SSSR count). The minimum Gasteiger partial charge on any atom is -0.496 e. The number of ether oxygens (including phenoxy) is 3. The Balaban J connectivity index is 1.61. The van der Waals surface area contributed by atoms with Gasteiger partial charge in [0.25, 0.3) is 5.91 Å². The highest BCUT2D eigenvalue weighted by Crippen LogP contribution is 2.35. The van der Waals surface area contributed by atoms with Crippen molar-refractivity contribution in [1.29, 1.82) is 0 Å². The first kappa shape index (κ1) is 23.8. The number of nitrogens with one attached hydrogen (secondary N) is 1. The fraction of sp³-hybridized carbons (Fsp3) is 0.160. The highest BCUT2D eigenvalue weighted by Gasteiger charge is 2.19. The zero-order valence-electron chi connectivity index (χ0n) is 18.8. The molecule has 4 aromatic rings. The van der Waals surface area contributed by atoms with Crippen LogP contribution < -0.4 is 19.5 Å². The fourth-order valence-corrected chi connectivity index (χ4v) is 3.30. The minimum atomic E-state index is -1.02. The smallest absolute Gasteiger partial charge is 0.261 e. The molecule has 0 saturated heterocycles. The number of aliphatic hydroxyl groups excluding tert-OH is 1. The molecule has 0 fully saturated rings. The molecule has 10 heteroatoms. The molecule has 2 N–H and O–H groups in total. The first-order valence-corrected chi connectivity index (χ1v) is 10.5. The van der Waals surface area contributed by atoms with Crippen molar-refractivity contribution in [2.45, 2.75) is 13.0 Å². The summed E-state index contributed by atoms with van der Waals surface area (Å²) in [4.78, 5) is 20.6. The van der Waals surface area contributed by atoms with E-state index in [4.69, 9.17) is 14.2 Å². The second-order valence-corrected chi connectivity index (χ2v) is 7.50. The fourth-order valence-electron chi connectivity index (χ4n) is 3.30. The number of anilines is 1. The molecule has 0 aliphatic carbocycles. The van der Waals surface area contributed by atoms with Crippen LogP contribution in [0.5, 0.6) is 23.0 Å². The van der Waals surface area contributed by atoms with E-state index < -0.39 is 29.4 Å². The minimum absolute atomic E-state index is 0.105. The molecule has 35 heavy (non-hydrogen) atoms. The summed E-state index contributed by atoms with van der Waals surface area (Å²) in [6.07, 6.45) is 3.73. The third kappa shape index (κ3) is 5.28. The molecule has 1 amide bonds. The summed E-state index contributed by atoms with van der Waals surface area (Å²) in [7, 11) is 1.39. The van der Waals surface area contributed by atoms with Crippen LogP contribution in [-0.4, -0.2) is 40.8 Å². The summed E-state index contributed by atoms with van der Waals surface area (Å²) in [6, 6.07) is 9.79. The van der Waals surface area contributed by atoms with E-state index in [-0.39, 0.29) is 29.4 Å². The number of rotatable bonds is 8. The Kier molecular flexibility index (Phi) is 7.02. The molecule has 0 bridgehead atoms. The van der Waals surface area contributed by atoms with E-state index in [0.717, 1.165) is 12.1 Å². The van der Waals surface area contributed by atoms with Crippen LogP contribution in [0.3, 0.4) is 0 Å². The summed E-state index contributed by atoms with van der Waals surface area (Å²) < 4.78 is 46.0. The van der Waals surface area contributed by atoms with Crippen LogP contribution in [0.1, 0.15) is 17.3 Å². The van der Waals surface area contributed by atoms with Gasteiger partial charge in [-0.3, -0.25) is 14.8 Å². The third-order valence-electron chi connectivity index (χ3n) is 4.98. The molecule has 2 aromatic carbocycles. The van der Waals surface area contributed by atoms with Crippen molar-refractivity contribution in [3.63, 3.8) is 0 Å². The normalized spacial score (nSPS) is 11.7. The van der Waals surface area contributed by atoms with E-state index >= 15 is 0 Å². The van der Waals surface area contributed by atoms with Gasteiger partial charge in [0.05, 0.1) is 24.8 Å². The Morgan fingerprint density at radius 2 is 1.83 bits per heavy atom. The van der Waals surface area contributed by atoms with Crippen LogP contribution in [0.2, 0.25) is 0 Å². The van der Waals surface area contributed by atoms with Gasteiger partial charge in [-0.15, -0.1) is 0 Å². The lowest BCUT2D eigenvalue weighted by Crippen LogP contribution is -2.16. The molecule has 0 saturated carbocycles. The van der Waals surface area contributed by atoms with Gasteiger partial charge in [0, 0.05) is 41.8 Å². The third-order valence-corrected chi connectivity index (χ3v) is 4.98. The number of fused-ring (bicyclic) bond motifs is 1. The molecular weight excluding hydrogens is 460 g/mol. The lowest BCUT2D eigenvalue weighted by atomic mass is 10.2. The van der Waals surface area contributed by atoms with E-state index in [1.807, 2.05) is 0 Å². The predicted octanol–water partition coefficient (Wildman–Crippen LogP) is 4.72. The summed E-state index contributed by atoms with van der Waals surface area (Å²) in [6.45, 7) is 1.52. The van der Waals surface area contributed by atoms with Crippen LogP contribution in [0.15, 0.2) is 61.1 Å². The molecule has 0 aliphatic heterocycles. The second-order valence-electron chi connectivity index (χ2n) is 7.50. The van der Waals surface area contributed by atoms with E-state index in [1.54, 1.807) is 25.1 Å². The standard InChI is InChI=1S/C25H21F2N3O5/c1-14(13-31)34-16-3-4-21-17(11-16)23(6-8-29-21)35-24-19(26)9-15(10-20(24)27)30-25(32)18-12-28-7-5-22(18)33-2/h3-12,14,31H,13H2,1-2H3,(H,30,32)/t14-/m0/s1. The SMILES string of the molecule is COc1ccncc1C(=O)Nc1cc(F)c(Oc2ccnc3ccc(O[C@@H](C)CO)cc23)c(F)c1. The summed E-state index contributed by atoms with van der Waals surface area (Å²) in [5.41, 5.74) is 0.506. The zero-order chi connectivity index (χ0) is 24.9. The molecule has 0 radical (unpaired) electrons. The molecule has 180 valence electrons. The Hall–Kier alpha value is -4.31. The van der Waals surface area contributed by atoms with Gasteiger partial charge in [-0.25, -0.2) is 8.78 Å². The number of hydrogen-bond donors (Lipinski definition) is 2. The average molecular weight is 481 g/mol. The maximum absolute atomic E-state index is 14.9. The second kappa shape index (κ2) is 10.3. The van der Waals surface area contributed by atoms with E-state index in [9.17, 15) is 18.7 Å². The van der Waals surface area contributed by atoms with Gasteiger partial charge < -0.3 is 24.6 Å². The number of aliphatic hydroxyl groups is 1. The highest BCUT2D eigenvalue weighted by atomic mass is 19.1. The largest absolute Gasteiger partial charge is 0.496 e. The van der Waals surface area contributed by atoms with Gasteiger partial charge in [-0.05, 0) is 37.3 Å². The molecule has 0 aliphatic rings. The van der Waals surface area contributed by atoms with E-state index in [1.165, 1.54) is 37.8 Å². The van der Waals surface area contributed by atoms with Crippen LogP contribution in [0, 0.1) is 11.6 Å². The van der Waals surface area contributed by atoms with Crippen molar-refractivity contribution in [2.75, 3.05) is 19.0 Å².